The molecule has 0 aliphatic heterocycles. The van der Waals surface area contributed by atoms with E-state index < -0.39 is 12.1 Å². The second-order valence-corrected chi connectivity index (χ2v) is 18.8. The third-order valence-corrected chi connectivity index (χ3v) is 11.7. The smallest absolute Gasteiger partial charge is 0.310 e. The van der Waals surface area contributed by atoms with Crippen LogP contribution in [-0.4, -0.2) is 37.2 Å². The van der Waals surface area contributed by atoms with Gasteiger partial charge in [-0.25, -0.2) is 0 Å². The number of carbonyl (C=O) groups excluding carboxylic acids is 3. The number of ether oxygens (including phenoxy) is 3. The molecule has 0 N–H and O–H groups in total. The topological polar surface area (TPSA) is 78.9 Å². The van der Waals surface area contributed by atoms with Gasteiger partial charge < -0.3 is 14.2 Å². The van der Waals surface area contributed by atoms with Crippen LogP contribution in [0.4, 0.5) is 0 Å². The number of allylic oxidation sites excluding steroid dienone is 29. The Morgan fingerprint density at radius 2 is 0.553 bits per heavy atom. The highest BCUT2D eigenvalue weighted by molar-refractivity contribution is 5.72. The van der Waals surface area contributed by atoms with Crippen molar-refractivity contribution in [1.82, 2.24) is 0 Å². The summed E-state index contributed by atoms with van der Waals surface area (Å²) in [5, 5.41) is 0. The number of carbonyl (C=O) groups is 3. The van der Waals surface area contributed by atoms with Crippen LogP contribution in [0.25, 0.3) is 0 Å². The summed E-state index contributed by atoms with van der Waals surface area (Å²) in [4.78, 5) is 38.0. The van der Waals surface area contributed by atoms with Gasteiger partial charge in [0.2, 0.25) is 0 Å². The molecule has 0 saturated carbocycles. The van der Waals surface area contributed by atoms with E-state index in [0.717, 1.165) is 122 Å². The maximum absolute atomic E-state index is 12.8. The molecule has 0 aromatic heterocycles. The number of hydrogen-bond donors (Lipinski definition) is 0. The molecule has 76 heavy (non-hydrogen) atoms. The van der Waals surface area contributed by atoms with Crippen molar-refractivity contribution in [3.8, 4) is 0 Å². The van der Waals surface area contributed by atoms with Gasteiger partial charge in [0, 0.05) is 12.8 Å². The molecular weight excluding hydrogens is 937 g/mol. The van der Waals surface area contributed by atoms with Gasteiger partial charge in [0.1, 0.15) is 13.2 Å². The highest BCUT2D eigenvalue weighted by Gasteiger charge is 2.19. The van der Waals surface area contributed by atoms with Gasteiger partial charge in [0.05, 0.1) is 6.42 Å². The van der Waals surface area contributed by atoms with Crippen molar-refractivity contribution < 1.29 is 28.6 Å². The van der Waals surface area contributed by atoms with Crippen molar-refractivity contribution in [2.45, 2.75) is 226 Å². The molecule has 422 valence electrons. The van der Waals surface area contributed by atoms with Gasteiger partial charge in [0.15, 0.2) is 6.10 Å². The average molecular weight is 1040 g/mol. The number of unbranched alkanes of at least 4 members (excludes halogenated alkanes) is 11. The van der Waals surface area contributed by atoms with Crippen LogP contribution in [0.1, 0.15) is 220 Å². The van der Waals surface area contributed by atoms with Gasteiger partial charge in [-0.05, 0) is 122 Å². The second kappa shape index (κ2) is 62.1. The van der Waals surface area contributed by atoms with E-state index in [0.29, 0.717) is 19.3 Å². The Kier molecular flexibility index (Phi) is 57.6. The number of esters is 3. The first kappa shape index (κ1) is 70.5. The van der Waals surface area contributed by atoms with Crippen LogP contribution >= 0.6 is 0 Å². The quantitative estimate of drug-likeness (QED) is 0.0261. The van der Waals surface area contributed by atoms with Crippen LogP contribution in [0.2, 0.25) is 0 Å². The van der Waals surface area contributed by atoms with Crippen LogP contribution < -0.4 is 0 Å². The first-order valence-corrected chi connectivity index (χ1v) is 29.8. The molecular formula is C70H106O6. The lowest BCUT2D eigenvalue weighted by Crippen LogP contribution is -2.30. The number of hydrogen-bond acceptors (Lipinski definition) is 6. The summed E-state index contributed by atoms with van der Waals surface area (Å²) >= 11 is 0. The second-order valence-electron chi connectivity index (χ2n) is 18.8. The SMILES string of the molecule is CC/C=C\C/C=C\C/C=C\C/C=C\C/C=C\C/C=C\C/C=C\C/C=C\C/C=C\C/C=C\CCCCC(=O)OCC(COC(=O)CCCCCCCCCCCC)OC(=O)C/C=C\C/C=C\C/C=C\C/C=C\C/C=C\CC. The van der Waals surface area contributed by atoms with Gasteiger partial charge >= 0.3 is 17.9 Å². The van der Waals surface area contributed by atoms with Crippen LogP contribution in [0, 0.1) is 0 Å². The molecule has 0 spiro atoms. The Morgan fingerprint density at radius 1 is 0.289 bits per heavy atom. The Balaban J connectivity index is 4.42. The molecule has 0 fully saturated rings. The zero-order chi connectivity index (χ0) is 55.0. The minimum Gasteiger partial charge on any atom is -0.462 e. The van der Waals surface area contributed by atoms with Gasteiger partial charge in [0.25, 0.3) is 0 Å². The zero-order valence-corrected chi connectivity index (χ0v) is 48.2. The monoisotopic (exact) mass is 1040 g/mol. The molecule has 0 bridgehead atoms. The van der Waals surface area contributed by atoms with Crippen molar-refractivity contribution >= 4 is 17.9 Å². The highest BCUT2D eigenvalue weighted by Crippen LogP contribution is 2.13. The van der Waals surface area contributed by atoms with Crippen molar-refractivity contribution in [2.75, 3.05) is 13.2 Å². The van der Waals surface area contributed by atoms with Gasteiger partial charge in [-0.15, -0.1) is 0 Å². The average Bonchev–Trinajstić information content (AvgIpc) is 3.42. The van der Waals surface area contributed by atoms with Crippen LogP contribution in [0.15, 0.2) is 182 Å². The third kappa shape index (κ3) is 59.4. The van der Waals surface area contributed by atoms with Crippen molar-refractivity contribution in [3.05, 3.63) is 182 Å². The van der Waals surface area contributed by atoms with Gasteiger partial charge in [-0.1, -0.05) is 261 Å². The molecule has 0 radical (unpaired) electrons. The Hall–Kier alpha value is -5.49. The Bertz CT molecular complexity index is 1820. The molecule has 0 amide bonds. The summed E-state index contributed by atoms with van der Waals surface area (Å²) in [7, 11) is 0. The molecule has 0 aliphatic carbocycles. The van der Waals surface area contributed by atoms with E-state index in [2.05, 4.69) is 191 Å². The van der Waals surface area contributed by atoms with E-state index >= 15 is 0 Å². The van der Waals surface area contributed by atoms with Crippen molar-refractivity contribution in [2.24, 2.45) is 0 Å². The zero-order valence-electron chi connectivity index (χ0n) is 48.2. The van der Waals surface area contributed by atoms with E-state index in [-0.39, 0.29) is 38.0 Å². The molecule has 0 aromatic rings. The van der Waals surface area contributed by atoms with E-state index in [1.54, 1.807) is 6.08 Å². The van der Waals surface area contributed by atoms with Crippen LogP contribution in [0.5, 0.6) is 0 Å². The molecule has 1 atom stereocenters. The minimum atomic E-state index is -0.858. The molecule has 1 unspecified atom stereocenters. The maximum atomic E-state index is 12.8. The molecule has 0 saturated heterocycles. The molecule has 6 heteroatoms. The van der Waals surface area contributed by atoms with E-state index in [9.17, 15) is 14.4 Å². The van der Waals surface area contributed by atoms with Crippen molar-refractivity contribution in [1.29, 1.82) is 0 Å². The number of rotatable bonds is 51. The van der Waals surface area contributed by atoms with Gasteiger partial charge in [-0.3, -0.25) is 14.4 Å². The summed E-state index contributed by atoms with van der Waals surface area (Å²) in [5.41, 5.74) is 0. The molecule has 0 rings (SSSR count). The summed E-state index contributed by atoms with van der Waals surface area (Å²) in [6.45, 7) is 6.25. The predicted molar refractivity (Wildman–Crippen MR) is 329 cm³/mol. The summed E-state index contributed by atoms with van der Waals surface area (Å²) in [6, 6.07) is 0. The van der Waals surface area contributed by atoms with Gasteiger partial charge in [-0.2, -0.15) is 0 Å². The highest BCUT2D eigenvalue weighted by atomic mass is 16.6. The van der Waals surface area contributed by atoms with E-state index in [1.807, 2.05) is 6.08 Å². The predicted octanol–water partition coefficient (Wildman–Crippen LogP) is 20.5. The normalized spacial score (nSPS) is 13.5. The Labute approximate surface area is 465 Å². The first-order valence-electron chi connectivity index (χ1n) is 29.8. The van der Waals surface area contributed by atoms with E-state index in [4.69, 9.17) is 14.2 Å². The van der Waals surface area contributed by atoms with Crippen LogP contribution in [0.3, 0.4) is 0 Å². The fraction of sp³-hybridized carbons (Fsp3) is 0.529. The fourth-order valence-corrected chi connectivity index (χ4v) is 7.31. The minimum absolute atomic E-state index is 0.0794. The summed E-state index contributed by atoms with van der Waals surface area (Å²) in [5.74, 6) is -1.13. The lowest BCUT2D eigenvalue weighted by molar-refractivity contribution is -0.166. The molecule has 0 aromatic carbocycles. The molecule has 6 nitrogen and oxygen atoms in total. The van der Waals surface area contributed by atoms with Crippen molar-refractivity contribution in [3.63, 3.8) is 0 Å². The molecule has 0 aliphatic rings. The maximum Gasteiger partial charge on any atom is 0.310 e. The largest absolute Gasteiger partial charge is 0.462 e. The first-order chi connectivity index (χ1) is 37.5. The van der Waals surface area contributed by atoms with Crippen LogP contribution in [-0.2, 0) is 28.6 Å². The Morgan fingerprint density at radius 3 is 0.868 bits per heavy atom. The summed E-state index contributed by atoms with van der Waals surface area (Å²) < 4.78 is 16.7. The lowest BCUT2D eigenvalue weighted by Gasteiger charge is -2.18. The third-order valence-electron chi connectivity index (χ3n) is 11.7. The lowest BCUT2D eigenvalue weighted by atomic mass is 10.1. The summed E-state index contributed by atoms with van der Waals surface area (Å²) in [6.07, 6.45) is 93.6. The molecule has 0 heterocycles. The van der Waals surface area contributed by atoms with E-state index in [1.165, 1.54) is 44.9 Å². The fourth-order valence-electron chi connectivity index (χ4n) is 7.31. The standard InChI is InChI=1S/C70H106O6/c1-4-7-10-13-16-19-22-24-26-27-28-29-30-31-32-33-34-35-36-37-38-39-40-41-42-43-45-46-48-51-54-57-60-63-69(72)75-66-67(65-74-68(71)62-59-56-53-50-21-18-15-12-9-6-3)76-70(73)64-61-58-55-52-49-47-44-25-23-20-17-14-11-8-5-2/h7-8,10-11,16-17,19-20,24-26,28-29,31-32,34-35,37-38,40-41,43-45,48-49,51-52,58,61,67H,4-6,9,12-15,18,21-23,27,30,33,36,39,42,46-47,50,53-57,59-60,62-66H2,1-3H3/b10-7-,11-8-,19-16-,20-17-,26-24-,29-28-,32-31-,35-34-,38-37-,41-40-,44-25-,45-43-,51-48-,52-49-,61-58-.